The summed E-state index contributed by atoms with van der Waals surface area (Å²) in [6.45, 7) is 6.86. The van der Waals surface area contributed by atoms with Crippen LogP contribution in [0.4, 0.5) is 0 Å². The van der Waals surface area contributed by atoms with Crippen molar-refractivity contribution < 1.29 is 4.57 Å². The summed E-state index contributed by atoms with van der Waals surface area (Å²) >= 11 is 0. The fraction of sp³-hybridized carbons (Fsp3) is 0.389. The Labute approximate surface area is 115 Å². The van der Waals surface area contributed by atoms with Gasteiger partial charge in [-0.05, 0) is 24.6 Å². The van der Waals surface area contributed by atoms with E-state index in [1.54, 1.807) is 0 Å². The van der Waals surface area contributed by atoms with E-state index in [0.717, 1.165) is 6.42 Å². The predicted molar refractivity (Wildman–Crippen MR) is 79.1 cm³/mol. The molecule has 0 aliphatic carbocycles. The summed E-state index contributed by atoms with van der Waals surface area (Å²) in [6, 6.07) is 13.3. The normalized spacial score (nSPS) is 15.7. The highest BCUT2D eigenvalue weighted by molar-refractivity contribution is 5.65. The van der Waals surface area contributed by atoms with Crippen molar-refractivity contribution in [3.8, 4) is 11.3 Å². The molecule has 0 N–H and O–H groups in total. The molecule has 0 unspecified atom stereocenters. The van der Waals surface area contributed by atoms with E-state index < -0.39 is 0 Å². The summed E-state index contributed by atoms with van der Waals surface area (Å²) in [6.07, 6.45) is 5.78. The molecule has 0 saturated carbocycles. The van der Waals surface area contributed by atoms with Gasteiger partial charge in [0.2, 0.25) is 5.69 Å². The summed E-state index contributed by atoms with van der Waals surface area (Å²) in [5.74, 6) is 0. The van der Waals surface area contributed by atoms with E-state index in [-0.39, 0.29) is 5.54 Å². The van der Waals surface area contributed by atoms with Gasteiger partial charge in [0.1, 0.15) is 0 Å². The Bertz CT molecular complexity index is 609. The Morgan fingerprint density at radius 3 is 2.53 bits per heavy atom. The first-order chi connectivity index (χ1) is 9.22. The number of hydrogen-bond donors (Lipinski definition) is 0. The summed E-state index contributed by atoms with van der Waals surface area (Å²) in [7, 11) is 0. The van der Waals surface area contributed by atoms with E-state index in [2.05, 4.69) is 67.9 Å². The molecule has 0 atom stereocenters. The molecule has 3 rings (SSSR count). The van der Waals surface area contributed by atoms with Crippen LogP contribution in [0.2, 0.25) is 0 Å². The summed E-state index contributed by atoms with van der Waals surface area (Å²) in [5, 5.41) is 0. The van der Waals surface area contributed by atoms with Crippen molar-refractivity contribution in [1.29, 1.82) is 0 Å². The highest BCUT2D eigenvalue weighted by Crippen LogP contribution is 2.36. The minimum Gasteiger partial charge on any atom is -0.192 e. The topological polar surface area (TPSA) is 3.88 Å². The fourth-order valence-electron chi connectivity index (χ4n) is 3.54. The molecule has 0 saturated heterocycles. The van der Waals surface area contributed by atoms with E-state index in [1.807, 2.05) is 0 Å². The van der Waals surface area contributed by atoms with Crippen LogP contribution in [0.25, 0.3) is 11.3 Å². The zero-order chi connectivity index (χ0) is 13.5. The molecule has 98 valence electrons. The van der Waals surface area contributed by atoms with Gasteiger partial charge in [0.05, 0.1) is 0 Å². The van der Waals surface area contributed by atoms with E-state index in [9.17, 15) is 0 Å². The van der Waals surface area contributed by atoms with Gasteiger partial charge in [0, 0.05) is 36.5 Å². The van der Waals surface area contributed by atoms with Crippen molar-refractivity contribution in [3.05, 3.63) is 53.7 Å². The van der Waals surface area contributed by atoms with Crippen LogP contribution in [0.15, 0.2) is 42.6 Å². The number of benzene rings is 1. The van der Waals surface area contributed by atoms with Gasteiger partial charge in [-0.15, -0.1) is 0 Å². The lowest BCUT2D eigenvalue weighted by Crippen LogP contribution is -2.60. The molecule has 0 amide bonds. The molecule has 19 heavy (non-hydrogen) atoms. The third-order valence-electron chi connectivity index (χ3n) is 4.82. The molecule has 0 fully saturated rings. The van der Waals surface area contributed by atoms with E-state index in [1.165, 1.54) is 35.2 Å². The zero-order valence-corrected chi connectivity index (χ0v) is 12.1. The highest BCUT2D eigenvalue weighted by Gasteiger charge is 2.43. The molecule has 2 aromatic rings. The van der Waals surface area contributed by atoms with Crippen LogP contribution in [-0.4, -0.2) is 0 Å². The molecule has 1 aromatic heterocycles. The average molecular weight is 252 g/mol. The van der Waals surface area contributed by atoms with Crippen LogP contribution >= 0.6 is 0 Å². The maximum Gasteiger partial charge on any atom is 0.216 e. The monoisotopic (exact) mass is 252 g/mol. The Morgan fingerprint density at radius 2 is 1.79 bits per heavy atom. The van der Waals surface area contributed by atoms with Gasteiger partial charge in [-0.1, -0.05) is 32.0 Å². The number of pyridine rings is 1. The summed E-state index contributed by atoms with van der Waals surface area (Å²) in [4.78, 5) is 0. The first-order valence-corrected chi connectivity index (χ1v) is 7.32. The van der Waals surface area contributed by atoms with Crippen molar-refractivity contribution in [3.63, 3.8) is 0 Å². The van der Waals surface area contributed by atoms with E-state index >= 15 is 0 Å². The molecular formula is C18H22N+. The number of rotatable bonds is 2. The van der Waals surface area contributed by atoms with Gasteiger partial charge in [-0.25, -0.2) is 0 Å². The molecule has 1 heteroatoms. The fourth-order valence-corrected chi connectivity index (χ4v) is 3.54. The second kappa shape index (κ2) is 4.48. The van der Waals surface area contributed by atoms with Gasteiger partial charge in [-0.3, -0.25) is 0 Å². The standard InChI is InChI=1S/C18H22N/c1-4-18(5-2)13-15-10-6-7-11-16(15)17-14(3)9-8-12-19(17)18/h6-12H,4-5,13H2,1-3H3/q+1. The molecule has 1 aliphatic rings. The van der Waals surface area contributed by atoms with Gasteiger partial charge in [-0.2, -0.15) is 4.57 Å². The summed E-state index contributed by atoms with van der Waals surface area (Å²) in [5.41, 5.74) is 5.95. The van der Waals surface area contributed by atoms with Crippen LogP contribution in [0.3, 0.4) is 0 Å². The first-order valence-electron chi connectivity index (χ1n) is 7.32. The van der Waals surface area contributed by atoms with Crippen LogP contribution in [0, 0.1) is 6.92 Å². The number of aromatic nitrogens is 1. The molecule has 2 heterocycles. The van der Waals surface area contributed by atoms with Gasteiger partial charge in [0.25, 0.3) is 0 Å². The Morgan fingerprint density at radius 1 is 1.05 bits per heavy atom. The minimum atomic E-state index is 0.246. The maximum absolute atomic E-state index is 2.53. The zero-order valence-electron chi connectivity index (χ0n) is 12.1. The van der Waals surface area contributed by atoms with Crippen molar-refractivity contribution in [1.82, 2.24) is 0 Å². The van der Waals surface area contributed by atoms with Crippen molar-refractivity contribution in [2.75, 3.05) is 0 Å². The average Bonchev–Trinajstić information content (AvgIpc) is 2.46. The molecule has 0 bridgehead atoms. The first kappa shape index (κ1) is 12.4. The Balaban J connectivity index is 2.35. The maximum atomic E-state index is 2.53. The summed E-state index contributed by atoms with van der Waals surface area (Å²) < 4.78 is 2.53. The van der Waals surface area contributed by atoms with Crippen LogP contribution in [0.5, 0.6) is 0 Å². The lowest BCUT2D eigenvalue weighted by atomic mass is 9.79. The second-order valence-corrected chi connectivity index (χ2v) is 5.68. The molecule has 1 nitrogen and oxygen atoms in total. The largest absolute Gasteiger partial charge is 0.216 e. The molecule has 0 radical (unpaired) electrons. The van der Waals surface area contributed by atoms with Gasteiger partial charge >= 0.3 is 0 Å². The third-order valence-corrected chi connectivity index (χ3v) is 4.82. The van der Waals surface area contributed by atoms with Gasteiger partial charge < -0.3 is 0 Å². The van der Waals surface area contributed by atoms with E-state index in [0.29, 0.717) is 0 Å². The highest BCUT2D eigenvalue weighted by atomic mass is 15.1. The van der Waals surface area contributed by atoms with Gasteiger partial charge in [0.15, 0.2) is 11.7 Å². The minimum absolute atomic E-state index is 0.246. The number of hydrogen-bond acceptors (Lipinski definition) is 0. The second-order valence-electron chi connectivity index (χ2n) is 5.68. The van der Waals surface area contributed by atoms with Crippen LogP contribution in [-0.2, 0) is 12.0 Å². The van der Waals surface area contributed by atoms with Crippen molar-refractivity contribution in [2.24, 2.45) is 0 Å². The number of nitrogens with zero attached hydrogens (tertiary/aromatic N) is 1. The quantitative estimate of drug-likeness (QED) is 0.711. The molecular weight excluding hydrogens is 230 g/mol. The van der Waals surface area contributed by atoms with Crippen LogP contribution in [0.1, 0.15) is 37.8 Å². The number of aryl methyl sites for hydroxylation is 1. The lowest BCUT2D eigenvalue weighted by Gasteiger charge is -2.33. The predicted octanol–water partition coefficient (Wildman–Crippen LogP) is 4.02. The third kappa shape index (κ3) is 1.72. The smallest absolute Gasteiger partial charge is 0.192 e. The van der Waals surface area contributed by atoms with E-state index in [4.69, 9.17) is 0 Å². The van der Waals surface area contributed by atoms with Crippen molar-refractivity contribution >= 4 is 0 Å². The Kier molecular flexibility index (Phi) is 2.93. The number of fused-ring (bicyclic) bond motifs is 3. The Hall–Kier alpha value is -1.63. The SMILES string of the molecule is CCC1(CC)Cc2ccccc2-c2c(C)ccc[n+]21. The molecule has 1 aromatic carbocycles. The van der Waals surface area contributed by atoms with Crippen LogP contribution < -0.4 is 4.57 Å². The lowest BCUT2D eigenvalue weighted by molar-refractivity contribution is -0.758. The van der Waals surface area contributed by atoms with Crippen molar-refractivity contribution in [2.45, 2.75) is 45.6 Å². The molecule has 1 aliphatic heterocycles. The molecule has 0 spiro atoms.